The zero-order valence-electron chi connectivity index (χ0n) is 11.6. The Morgan fingerprint density at radius 2 is 2.00 bits per heavy atom. The molecule has 0 atom stereocenters. The van der Waals surface area contributed by atoms with Crippen LogP contribution < -0.4 is 0 Å². The molecule has 1 aromatic rings. The molecule has 4 heteroatoms. The first-order valence-electron chi connectivity index (χ1n) is 7.26. The van der Waals surface area contributed by atoms with Gasteiger partial charge < -0.3 is 9.32 Å². The number of nitrogens with zero attached hydrogens (tertiary/aromatic N) is 2. The molecule has 2 saturated heterocycles. The van der Waals surface area contributed by atoms with Crippen molar-refractivity contribution in [1.29, 1.82) is 0 Å². The van der Waals surface area contributed by atoms with Crippen LogP contribution in [-0.4, -0.2) is 41.9 Å². The Morgan fingerprint density at radius 3 is 2.58 bits per heavy atom. The summed E-state index contributed by atoms with van der Waals surface area (Å²) in [6, 6.07) is 2.02. The van der Waals surface area contributed by atoms with Crippen LogP contribution in [0.1, 0.15) is 31.7 Å². The summed E-state index contributed by atoms with van der Waals surface area (Å²) in [5.74, 6) is 0.401. The van der Waals surface area contributed by atoms with Crippen molar-refractivity contribution < 1.29 is 9.21 Å². The first kappa shape index (κ1) is 12.7. The van der Waals surface area contributed by atoms with Crippen LogP contribution in [0.4, 0.5) is 0 Å². The monoisotopic (exact) mass is 262 g/mol. The fourth-order valence-corrected chi connectivity index (χ4v) is 3.44. The summed E-state index contributed by atoms with van der Waals surface area (Å²) in [6.07, 6.45) is 6.61. The van der Waals surface area contributed by atoms with Crippen LogP contribution in [0.2, 0.25) is 0 Å². The van der Waals surface area contributed by atoms with Gasteiger partial charge in [-0.15, -0.1) is 0 Å². The molecule has 0 radical (unpaired) electrons. The van der Waals surface area contributed by atoms with Crippen LogP contribution in [0.25, 0.3) is 0 Å². The van der Waals surface area contributed by atoms with E-state index in [0.29, 0.717) is 5.91 Å². The zero-order chi connectivity index (χ0) is 13.3. The number of hydrogen-bond acceptors (Lipinski definition) is 3. The standard InChI is InChI=1S/C15H22N2O2/c1-2-17-9-6-15(14(17)18)4-7-16(8-5-15)11-13-3-10-19-12-13/h3,10,12H,2,4-9,11H2,1H3. The Balaban J connectivity index is 1.59. The lowest BCUT2D eigenvalue weighted by Gasteiger charge is -2.37. The van der Waals surface area contributed by atoms with Crippen molar-refractivity contribution in [3.8, 4) is 0 Å². The van der Waals surface area contributed by atoms with Crippen molar-refractivity contribution in [2.75, 3.05) is 26.2 Å². The van der Waals surface area contributed by atoms with E-state index in [1.54, 1.807) is 6.26 Å². The first-order valence-corrected chi connectivity index (χ1v) is 7.26. The van der Waals surface area contributed by atoms with Gasteiger partial charge in [0.1, 0.15) is 0 Å². The SMILES string of the molecule is CCN1CCC2(CCN(Cc3ccoc3)CC2)C1=O. The second-order valence-corrected chi connectivity index (χ2v) is 5.82. The maximum absolute atomic E-state index is 12.4. The Morgan fingerprint density at radius 1 is 1.26 bits per heavy atom. The van der Waals surface area contributed by atoms with Gasteiger partial charge in [0, 0.05) is 25.2 Å². The lowest BCUT2D eigenvalue weighted by Crippen LogP contribution is -2.44. The number of rotatable bonds is 3. The summed E-state index contributed by atoms with van der Waals surface area (Å²) in [6.45, 7) is 6.88. The minimum absolute atomic E-state index is 0.0388. The number of carbonyl (C=O) groups excluding carboxylic acids is 1. The molecule has 0 aromatic carbocycles. The lowest BCUT2D eigenvalue weighted by atomic mass is 9.77. The van der Waals surface area contributed by atoms with Gasteiger partial charge in [0.15, 0.2) is 0 Å². The quantitative estimate of drug-likeness (QED) is 0.837. The Hall–Kier alpha value is -1.29. The van der Waals surface area contributed by atoms with Gasteiger partial charge in [-0.25, -0.2) is 0 Å². The fraction of sp³-hybridized carbons (Fsp3) is 0.667. The van der Waals surface area contributed by atoms with Crippen LogP contribution in [0, 0.1) is 5.41 Å². The molecule has 0 bridgehead atoms. The van der Waals surface area contributed by atoms with Gasteiger partial charge in [-0.05, 0) is 45.3 Å². The molecule has 104 valence electrons. The predicted octanol–water partition coefficient (Wildman–Crippen LogP) is 2.11. The normalized spacial score (nSPS) is 23.4. The highest BCUT2D eigenvalue weighted by atomic mass is 16.3. The average molecular weight is 262 g/mol. The summed E-state index contributed by atoms with van der Waals surface area (Å²) >= 11 is 0. The van der Waals surface area contributed by atoms with Crippen molar-refractivity contribution in [3.05, 3.63) is 24.2 Å². The molecule has 1 spiro atoms. The summed E-state index contributed by atoms with van der Waals surface area (Å²) in [5, 5.41) is 0. The van der Waals surface area contributed by atoms with Gasteiger partial charge in [0.25, 0.3) is 0 Å². The Bertz CT molecular complexity index is 433. The van der Waals surface area contributed by atoms with Crippen molar-refractivity contribution in [2.24, 2.45) is 5.41 Å². The van der Waals surface area contributed by atoms with Crippen molar-refractivity contribution in [2.45, 2.75) is 32.7 Å². The van der Waals surface area contributed by atoms with Crippen molar-refractivity contribution >= 4 is 5.91 Å². The van der Waals surface area contributed by atoms with E-state index in [4.69, 9.17) is 4.42 Å². The topological polar surface area (TPSA) is 36.7 Å². The third-order valence-electron chi connectivity index (χ3n) is 4.78. The smallest absolute Gasteiger partial charge is 0.228 e. The summed E-state index contributed by atoms with van der Waals surface area (Å²) in [7, 11) is 0. The molecular formula is C15H22N2O2. The van der Waals surface area contributed by atoms with Gasteiger partial charge >= 0.3 is 0 Å². The van der Waals surface area contributed by atoms with E-state index >= 15 is 0 Å². The highest BCUT2D eigenvalue weighted by molar-refractivity contribution is 5.85. The van der Waals surface area contributed by atoms with Crippen LogP contribution in [0.5, 0.6) is 0 Å². The number of furan rings is 1. The Labute approximate surface area is 114 Å². The fourth-order valence-electron chi connectivity index (χ4n) is 3.44. The number of carbonyl (C=O) groups is 1. The molecule has 4 nitrogen and oxygen atoms in total. The van der Waals surface area contributed by atoms with E-state index < -0.39 is 0 Å². The molecule has 2 fully saturated rings. The highest BCUT2D eigenvalue weighted by Gasteiger charge is 2.47. The summed E-state index contributed by atoms with van der Waals surface area (Å²) < 4.78 is 5.11. The third kappa shape index (κ3) is 2.29. The van der Waals surface area contributed by atoms with Gasteiger partial charge in [0.05, 0.1) is 17.9 Å². The zero-order valence-corrected chi connectivity index (χ0v) is 11.6. The number of piperidine rings is 1. The van der Waals surface area contributed by atoms with Gasteiger partial charge in [-0.3, -0.25) is 9.69 Å². The second kappa shape index (κ2) is 5.00. The molecule has 0 saturated carbocycles. The first-order chi connectivity index (χ1) is 9.23. The van der Waals surface area contributed by atoms with E-state index in [0.717, 1.165) is 52.0 Å². The van der Waals surface area contributed by atoms with E-state index in [-0.39, 0.29) is 5.41 Å². The molecule has 0 N–H and O–H groups in total. The number of likely N-dealkylation sites (tertiary alicyclic amines) is 2. The van der Waals surface area contributed by atoms with Crippen LogP contribution in [-0.2, 0) is 11.3 Å². The third-order valence-corrected chi connectivity index (χ3v) is 4.78. The number of hydrogen-bond donors (Lipinski definition) is 0. The highest BCUT2D eigenvalue weighted by Crippen LogP contribution is 2.41. The van der Waals surface area contributed by atoms with Gasteiger partial charge in [0.2, 0.25) is 5.91 Å². The summed E-state index contributed by atoms with van der Waals surface area (Å²) in [4.78, 5) is 16.9. The average Bonchev–Trinajstić information content (AvgIpc) is 3.03. The molecule has 1 amide bonds. The van der Waals surface area contributed by atoms with E-state index in [1.807, 2.05) is 17.2 Å². The molecule has 1 aromatic heterocycles. The molecule has 19 heavy (non-hydrogen) atoms. The van der Waals surface area contributed by atoms with Crippen LogP contribution in [0.3, 0.4) is 0 Å². The maximum Gasteiger partial charge on any atom is 0.228 e. The summed E-state index contributed by atoms with van der Waals surface area (Å²) in [5.41, 5.74) is 1.19. The Kier molecular flexibility index (Phi) is 3.35. The molecule has 0 unspecified atom stereocenters. The van der Waals surface area contributed by atoms with E-state index in [9.17, 15) is 4.79 Å². The van der Waals surface area contributed by atoms with Gasteiger partial charge in [-0.1, -0.05) is 0 Å². The van der Waals surface area contributed by atoms with Crippen LogP contribution in [0.15, 0.2) is 23.0 Å². The van der Waals surface area contributed by atoms with Crippen molar-refractivity contribution in [3.63, 3.8) is 0 Å². The molecule has 2 aliphatic rings. The molecule has 3 heterocycles. The minimum atomic E-state index is -0.0388. The minimum Gasteiger partial charge on any atom is -0.472 e. The molecule has 2 aliphatic heterocycles. The second-order valence-electron chi connectivity index (χ2n) is 5.82. The van der Waals surface area contributed by atoms with E-state index in [1.165, 1.54) is 5.56 Å². The molecule has 3 rings (SSSR count). The molecule has 0 aliphatic carbocycles. The largest absolute Gasteiger partial charge is 0.472 e. The molecular weight excluding hydrogens is 240 g/mol. The van der Waals surface area contributed by atoms with Crippen molar-refractivity contribution in [1.82, 2.24) is 9.80 Å². The predicted molar refractivity (Wildman–Crippen MR) is 72.5 cm³/mol. The maximum atomic E-state index is 12.4. The van der Waals surface area contributed by atoms with E-state index in [2.05, 4.69) is 11.8 Å². The lowest BCUT2D eigenvalue weighted by molar-refractivity contribution is -0.138. The van der Waals surface area contributed by atoms with Gasteiger partial charge in [-0.2, -0.15) is 0 Å². The number of amides is 1. The van der Waals surface area contributed by atoms with Crippen LogP contribution >= 0.6 is 0 Å².